The SMILES string of the molecule is COc1c(C(C)(C)C)cc(P(c2cc(C(C)(C)C)c(OC)c(C(C)(C)C)c2)c2ccc3c(c2C2=C4OCOC4=CC[C@H]2P(c2cc(C(C)(C)C)c(OC)c(C(C)(C)C)c2)c2cc(C(C)(C)C)c(OC)c(C(C)(C)C)c2)OCO3)cc1C(C)(C)C. The van der Waals surface area contributed by atoms with Crippen molar-refractivity contribution in [2.24, 2.45) is 0 Å². The van der Waals surface area contributed by atoms with E-state index in [-0.39, 0.29) is 62.6 Å². The zero-order valence-corrected chi connectivity index (χ0v) is 58.5. The highest BCUT2D eigenvalue weighted by atomic mass is 31.1. The molecule has 8 rings (SSSR count). The van der Waals surface area contributed by atoms with E-state index in [1.165, 1.54) is 43.5 Å². The third kappa shape index (κ3) is 12.4. The van der Waals surface area contributed by atoms with Gasteiger partial charge in [0, 0.05) is 61.3 Å². The molecule has 0 unspecified atom stereocenters. The van der Waals surface area contributed by atoms with Crippen LogP contribution in [0.5, 0.6) is 34.5 Å². The quantitative estimate of drug-likeness (QED) is 0.121. The van der Waals surface area contributed by atoms with Crippen molar-refractivity contribution in [1.82, 2.24) is 0 Å². The van der Waals surface area contributed by atoms with Gasteiger partial charge in [-0.3, -0.25) is 0 Å². The predicted molar refractivity (Wildman–Crippen MR) is 357 cm³/mol. The van der Waals surface area contributed by atoms with E-state index in [1.807, 2.05) is 28.4 Å². The van der Waals surface area contributed by atoms with Crippen molar-refractivity contribution in [2.45, 2.75) is 222 Å². The molecule has 8 nitrogen and oxygen atoms in total. The Morgan fingerprint density at radius 2 is 0.690 bits per heavy atom. The average molecular weight is 1180 g/mol. The number of hydrogen-bond acceptors (Lipinski definition) is 8. The Morgan fingerprint density at radius 1 is 0.381 bits per heavy atom. The van der Waals surface area contributed by atoms with E-state index < -0.39 is 15.8 Å². The Bertz CT molecular complexity index is 3090. The summed E-state index contributed by atoms with van der Waals surface area (Å²) in [7, 11) is 4.49. The van der Waals surface area contributed by atoms with Gasteiger partial charge in [0.25, 0.3) is 0 Å². The van der Waals surface area contributed by atoms with E-state index in [1.54, 1.807) is 0 Å². The molecule has 0 N–H and O–H groups in total. The van der Waals surface area contributed by atoms with Gasteiger partial charge >= 0.3 is 0 Å². The van der Waals surface area contributed by atoms with Gasteiger partial charge in [-0.2, -0.15) is 0 Å². The van der Waals surface area contributed by atoms with E-state index in [0.717, 1.165) is 79.0 Å². The summed E-state index contributed by atoms with van der Waals surface area (Å²) in [6.07, 6.45) is 2.96. The summed E-state index contributed by atoms with van der Waals surface area (Å²) in [5, 5.41) is 6.09. The third-order valence-electron chi connectivity index (χ3n) is 16.7. The van der Waals surface area contributed by atoms with Gasteiger partial charge in [-0.15, -0.1) is 0 Å². The molecule has 2 heterocycles. The van der Waals surface area contributed by atoms with Crippen LogP contribution in [0.2, 0.25) is 0 Å². The first kappa shape index (κ1) is 64.8. The van der Waals surface area contributed by atoms with Gasteiger partial charge in [-0.1, -0.05) is 166 Å². The first-order valence-corrected chi connectivity index (χ1v) is 33.0. The molecular weight excluding hydrogens is 1080 g/mol. The lowest BCUT2D eigenvalue weighted by molar-refractivity contribution is 0.0981. The van der Waals surface area contributed by atoms with Crippen LogP contribution in [0.25, 0.3) is 5.57 Å². The second-order valence-corrected chi connectivity index (χ2v) is 36.2. The minimum absolute atomic E-state index is 0.0896. The third-order valence-corrected chi connectivity index (χ3v) is 21.9. The van der Waals surface area contributed by atoms with Gasteiger partial charge < -0.3 is 37.9 Å². The first-order valence-electron chi connectivity index (χ1n) is 30.2. The van der Waals surface area contributed by atoms with Crippen molar-refractivity contribution in [3.05, 3.63) is 128 Å². The van der Waals surface area contributed by atoms with Crippen LogP contribution in [0.15, 0.2) is 78.3 Å². The molecule has 1 saturated heterocycles. The molecule has 0 radical (unpaired) electrons. The molecular formula is C74H102O8P2. The van der Waals surface area contributed by atoms with Gasteiger partial charge in [0.2, 0.25) is 13.6 Å². The second-order valence-electron chi connectivity index (χ2n) is 31.7. The van der Waals surface area contributed by atoms with Gasteiger partial charge in [0.15, 0.2) is 23.0 Å². The molecule has 456 valence electrons. The maximum atomic E-state index is 7.02. The zero-order chi connectivity index (χ0) is 62.6. The fourth-order valence-electron chi connectivity index (χ4n) is 12.3. The van der Waals surface area contributed by atoms with Crippen molar-refractivity contribution >= 4 is 47.9 Å². The minimum Gasteiger partial charge on any atom is -0.496 e. The fraction of sp³-hybridized carbons (Fsp3) is 0.541. The molecule has 1 atom stereocenters. The second kappa shape index (κ2) is 22.5. The summed E-state index contributed by atoms with van der Waals surface area (Å²) in [4.78, 5) is 0. The molecule has 0 spiro atoms. The van der Waals surface area contributed by atoms with Crippen molar-refractivity contribution in [3.63, 3.8) is 0 Å². The minimum atomic E-state index is -1.47. The summed E-state index contributed by atoms with van der Waals surface area (Å²) in [5.74, 6) is 6.69. The zero-order valence-electron chi connectivity index (χ0n) is 56.7. The van der Waals surface area contributed by atoms with Crippen LogP contribution in [0, 0.1) is 0 Å². The van der Waals surface area contributed by atoms with Crippen LogP contribution in [0.4, 0.5) is 0 Å². The van der Waals surface area contributed by atoms with Crippen LogP contribution in [0.1, 0.15) is 223 Å². The van der Waals surface area contributed by atoms with E-state index >= 15 is 0 Å². The lowest BCUT2D eigenvalue weighted by Crippen LogP contribution is -2.33. The highest BCUT2D eigenvalue weighted by Crippen LogP contribution is 2.59. The molecule has 3 aliphatic rings. The molecule has 5 aromatic rings. The Morgan fingerprint density at radius 3 is 1.00 bits per heavy atom. The number of methoxy groups -OCH3 is 4. The Kier molecular flexibility index (Phi) is 17.4. The number of fused-ring (bicyclic) bond motifs is 2. The summed E-state index contributed by atoms with van der Waals surface area (Å²) in [5.41, 5.74) is 9.09. The highest BCUT2D eigenvalue weighted by Gasteiger charge is 2.45. The Hall–Kier alpha value is -5.16. The molecule has 0 bridgehead atoms. The standard InChI is InChI=1S/C74H102O8P2/c1-67(2,3)47-33-43(34-48(61(47)75-25)68(4,5)6)83(44-35-49(69(7,8)9)62(76-26)50(36-44)70(10,11)12)57-31-29-55-65(81-41-79-55)59(57)60-58(32-30-56-66(60)82-42-80-56)84(45-37-51(71(13,14)15)63(77-27)52(38-45)72(16,17)18)46-39-53(73(19,20)21)64(78-28)54(40-46)74(22,23)24/h29-31,33-40,58H,32,41-42H2,1-28H3/t58-/m1/s1. The molecule has 1 aliphatic carbocycles. The fourth-order valence-corrected chi connectivity index (χ4v) is 17.8. The maximum Gasteiger partial charge on any atom is 0.231 e. The molecule has 2 aliphatic heterocycles. The van der Waals surface area contributed by atoms with Crippen LogP contribution < -0.4 is 54.9 Å². The monoisotopic (exact) mass is 1180 g/mol. The van der Waals surface area contributed by atoms with Crippen LogP contribution in [-0.2, 0) is 52.8 Å². The van der Waals surface area contributed by atoms with E-state index in [0.29, 0.717) is 12.2 Å². The summed E-state index contributed by atoms with van der Waals surface area (Å²) in [6, 6.07) is 24.2. The molecule has 1 fully saturated rings. The first-order chi connectivity index (χ1) is 38.6. The summed E-state index contributed by atoms with van der Waals surface area (Å²) < 4.78 is 53.3. The predicted octanol–water partition coefficient (Wildman–Crippen LogP) is 17.1. The molecule has 84 heavy (non-hydrogen) atoms. The average Bonchev–Trinajstić information content (AvgIpc) is 1.36. The van der Waals surface area contributed by atoms with Crippen molar-refractivity contribution in [1.29, 1.82) is 0 Å². The van der Waals surface area contributed by atoms with E-state index in [2.05, 4.69) is 233 Å². The van der Waals surface area contributed by atoms with Crippen LogP contribution in [-0.4, -0.2) is 47.7 Å². The van der Waals surface area contributed by atoms with Gasteiger partial charge in [-0.25, -0.2) is 0 Å². The van der Waals surface area contributed by atoms with Crippen LogP contribution in [0.3, 0.4) is 0 Å². The number of ether oxygens (including phenoxy) is 8. The van der Waals surface area contributed by atoms with E-state index in [9.17, 15) is 0 Å². The number of hydrogen-bond donors (Lipinski definition) is 0. The Labute approximate surface area is 509 Å². The highest BCUT2D eigenvalue weighted by molar-refractivity contribution is 7.80. The molecule has 5 aromatic carbocycles. The van der Waals surface area contributed by atoms with Crippen molar-refractivity contribution in [3.8, 4) is 34.5 Å². The van der Waals surface area contributed by atoms with E-state index in [4.69, 9.17) is 37.9 Å². The lowest BCUT2D eigenvalue weighted by atomic mass is 9.79. The smallest absolute Gasteiger partial charge is 0.231 e. The summed E-state index contributed by atoms with van der Waals surface area (Å²) in [6.45, 7) is 55.5. The maximum absolute atomic E-state index is 7.02. The topological polar surface area (TPSA) is 73.8 Å². The molecule has 0 amide bonds. The molecule has 10 heteroatoms. The normalized spacial score (nSPS) is 16.2. The van der Waals surface area contributed by atoms with Gasteiger partial charge in [-0.05, 0) is 159 Å². The van der Waals surface area contributed by atoms with Crippen LogP contribution >= 0.6 is 15.8 Å². The molecule has 0 aromatic heterocycles. The summed E-state index contributed by atoms with van der Waals surface area (Å²) >= 11 is 0. The largest absolute Gasteiger partial charge is 0.496 e. The molecule has 0 saturated carbocycles. The van der Waals surface area contributed by atoms with Crippen molar-refractivity contribution < 1.29 is 37.9 Å². The van der Waals surface area contributed by atoms with Gasteiger partial charge in [0.05, 0.1) is 28.4 Å². The lowest BCUT2D eigenvalue weighted by Gasteiger charge is -2.38. The van der Waals surface area contributed by atoms with Gasteiger partial charge in [0.1, 0.15) is 23.0 Å². The number of rotatable bonds is 11. The number of benzene rings is 5. The van der Waals surface area contributed by atoms with Crippen molar-refractivity contribution in [2.75, 3.05) is 42.0 Å². The number of allylic oxidation sites excluding steroid dienone is 2. The Balaban J connectivity index is 1.63.